The van der Waals surface area contributed by atoms with Crippen molar-refractivity contribution in [3.63, 3.8) is 0 Å². The van der Waals surface area contributed by atoms with Crippen LogP contribution < -0.4 is 5.32 Å². The van der Waals surface area contributed by atoms with Gasteiger partial charge in [-0.1, -0.05) is 31.9 Å². The van der Waals surface area contributed by atoms with E-state index >= 15 is 0 Å². The third-order valence-corrected chi connectivity index (χ3v) is 4.38. The molecule has 9 heteroatoms. The van der Waals surface area contributed by atoms with E-state index in [1.807, 2.05) is 6.92 Å². The number of aromatic nitrogens is 1. The van der Waals surface area contributed by atoms with Crippen LogP contribution in [0.5, 0.6) is 0 Å². The summed E-state index contributed by atoms with van der Waals surface area (Å²) in [6.07, 6.45) is 1.86. The van der Waals surface area contributed by atoms with Crippen molar-refractivity contribution in [2.24, 2.45) is 0 Å². The molecule has 0 aliphatic carbocycles. The lowest BCUT2D eigenvalue weighted by Crippen LogP contribution is -2.40. The minimum absolute atomic E-state index is 0.0655. The Bertz CT molecular complexity index is 790. The van der Waals surface area contributed by atoms with Crippen molar-refractivity contribution in [1.82, 2.24) is 10.3 Å². The van der Waals surface area contributed by atoms with Gasteiger partial charge in [-0.2, -0.15) is 0 Å². The summed E-state index contributed by atoms with van der Waals surface area (Å²) >= 11 is 1.16. The molecule has 8 nitrogen and oxygen atoms in total. The number of carbonyl (C=O) groups is 2. The summed E-state index contributed by atoms with van der Waals surface area (Å²) in [6, 6.07) is 4.99. The number of carboxylic acids is 1. The van der Waals surface area contributed by atoms with E-state index in [1.165, 1.54) is 17.5 Å². The maximum atomic E-state index is 12.2. The number of nitro groups is 1. The summed E-state index contributed by atoms with van der Waals surface area (Å²) in [5.41, 5.74) is 0.553. The summed E-state index contributed by atoms with van der Waals surface area (Å²) < 4.78 is 0. The van der Waals surface area contributed by atoms with E-state index in [9.17, 15) is 19.7 Å². The maximum absolute atomic E-state index is 12.2. The van der Waals surface area contributed by atoms with E-state index < -0.39 is 22.8 Å². The lowest BCUT2D eigenvalue weighted by molar-refractivity contribution is -0.384. The van der Waals surface area contributed by atoms with Gasteiger partial charge in [-0.15, -0.1) is 11.3 Å². The molecule has 0 saturated carbocycles. The second kappa shape index (κ2) is 8.34. The van der Waals surface area contributed by atoms with Gasteiger partial charge in [-0.05, 0) is 6.42 Å². The first kappa shape index (κ1) is 18.5. The Labute approximate surface area is 147 Å². The monoisotopic (exact) mass is 363 g/mol. The number of rotatable bonds is 8. The van der Waals surface area contributed by atoms with E-state index in [4.69, 9.17) is 5.11 Å². The highest BCUT2D eigenvalue weighted by molar-refractivity contribution is 7.13. The molecule has 0 fully saturated rings. The number of non-ortho nitro benzene ring substituents is 1. The molecular weight excluding hydrogens is 346 g/mol. The van der Waals surface area contributed by atoms with Crippen LogP contribution in [0, 0.1) is 10.1 Å². The number of carbonyl (C=O) groups excluding carboxylic acids is 1. The highest BCUT2D eigenvalue weighted by atomic mass is 32.1. The number of amides is 1. The molecule has 2 N–H and O–H groups in total. The van der Waals surface area contributed by atoms with Crippen LogP contribution in [0.4, 0.5) is 5.69 Å². The van der Waals surface area contributed by atoms with Gasteiger partial charge in [0, 0.05) is 23.1 Å². The molecule has 1 amide bonds. The SMILES string of the molecule is CCCC[C@H](NC(=O)c1csc(-c2cccc([N+](=O)[O-])c2)n1)C(=O)O. The fourth-order valence-electron chi connectivity index (χ4n) is 2.16. The van der Waals surface area contributed by atoms with Gasteiger partial charge in [0.15, 0.2) is 0 Å². The van der Waals surface area contributed by atoms with Crippen molar-refractivity contribution in [2.75, 3.05) is 0 Å². The third-order valence-electron chi connectivity index (χ3n) is 3.49. The van der Waals surface area contributed by atoms with Gasteiger partial charge < -0.3 is 10.4 Å². The standard InChI is InChI=1S/C16H17N3O5S/c1-2-3-7-12(16(21)22)17-14(20)13-9-25-15(18-13)10-5-4-6-11(8-10)19(23)24/h4-6,8-9,12H,2-3,7H2,1H3,(H,17,20)(H,21,22)/t12-/m0/s1. The van der Waals surface area contributed by atoms with Gasteiger partial charge in [0.25, 0.3) is 11.6 Å². The molecule has 2 aromatic rings. The van der Waals surface area contributed by atoms with E-state index in [0.717, 1.165) is 17.8 Å². The first-order valence-electron chi connectivity index (χ1n) is 7.66. The topological polar surface area (TPSA) is 122 Å². The summed E-state index contributed by atoms with van der Waals surface area (Å²) in [5, 5.41) is 24.4. The Morgan fingerprint density at radius 2 is 2.20 bits per heavy atom. The van der Waals surface area contributed by atoms with Gasteiger partial charge in [0.2, 0.25) is 0 Å². The molecule has 1 atom stereocenters. The molecule has 25 heavy (non-hydrogen) atoms. The molecule has 0 aliphatic heterocycles. The maximum Gasteiger partial charge on any atom is 0.326 e. The summed E-state index contributed by atoms with van der Waals surface area (Å²) in [5.74, 6) is -1.66. The molecule has 0 saturated heterocycles. The number of hydrogen-bond acceptors (Lipinski definition) is 6. The number of nitrogens with one attached hydrogen (secondary N) is 1. The van der Waals surface area contributed by atoms with Crippen LogP contribution in [-0.2, 0) is 4.79 Å². The Hall–Kier alpha value is -2.81. The lowest BCUT2D eigenvalue weighted by atomic mass is 10.1. The highest BCUT2D eigenvalue weighted by Crippen LogP contribution is 2.26. The summed E-state index contributed by atoms with van der Waals surface area (Å²) in [4.78, 5) is 37.9. The summed E-state index contributed by atoms with van der Waals surface area (Å²) in [6.45, 7) is 1.94. The fourth-order valence-corrected chi connectivity index (χ4v) is 2.96. The minimum atomic E-state index is -1.09. The minimum Gasteiger partial charge on any atom is -0.480 e. The van der Waals surface area contributed by atoms with E-state index in [-0.39, 0.29) is 11.4 Å². The van der Waals surface area contributed by atoms with Crippen molar-refractivity contribution < 1.29 is 19.6 Å². The van der Waals surface area contributed by atoms with Crippen LogP contribution in [0.1, 0.15) is 36.7 Å². The van der Waals surface area contributed by atoms with Gasteiger partial charge >= 0.3 is 5.97 Å². The van der Waals surface area contributed by atoms with Crippen LogP contribution in [0.2, 0.25) is 0 Å². The third kappa shape index (κ3) is 4.83. The van der Waals surface area contributed by atoms with Crippen molar-refractivity contribution in [2.45, 2.75) is 32.2 Å². The Morgan fingerprint density at radius 1 is 1.44 bits per heavy atom. The summed E-state index contributed by atoms with van der Waals surface area (Å²) in [7, 11) is 0. The van der Waals surface area contributed by atoms with Gasteiger partial charge in [0.1, 0.15) is 16.7 Å². The second-order valence-electron chi connectivity index (χ2n) is 5.35. The fraction of sp³-hybridized carbons (Fsp3) is 0.312. The molecule has 1 aromatic heterocycles. The van der Waals surface area contributed by atoms with Crippen LogP contribution in [0.25, 0.3) is 10.6 Å². The molecule has 1 heterocycles. The van der Waals surface area contributed by atoms with Crippen LogP contribution in [0.3, 0.4) is 0 Å². The Balaban J connectivity index is 2.14. The molecule has 0 spiro atoms. The van der Waals surface area contributed by atoms with Crippen LogP contribution in [-0.4, -0.2) is 32.9 Å². The molecule has 0 bridgehead atoms. The zero-order valence-electron chi connectivity index (χ0n) is 13.5. The number of benzene rings is 1. The molecule has 1 aromatic carbocycles. The average Bonchev–Trinajstić information content (AvgIpc) is 3.08. The smallest absolute Gasteiger partial charge is 0.326 e. The van der Waals surface area contributed by atoms with Gasteiger partial charge in [-0.25, -0.2) is 9.78 Å². The molecule has 132 valence electrons. The molecule has 0 radical (unpaired) electrons. The number of aliphatic carboxylic acids is 1. The van der Waals surface area contributed by atoms with E-state index in [0.29, 0.717) is 23.4 Å². The molecule has 0 unspecified atom stereocenters. The Morgan fingerprint density at radius 3 is 2.84 bits per heavy atom. The Kier molecular flexibility index (Phi) is 6.18. The highest BCUT2D eigenvalue weighted by Gasteiger charge is 2.22. The predicted octanol–water partition coefficient (Wildman–Crippen LogP) is 3.09. The number of unbranched alkanes of at least 4 members (excludes halogenated alkanes) is 1. The lowest BCUT2D eigenvalue weighted by Gasteiger charge is -2.12. The first-order valence-corrected chi connectivity index (χ1v) is 8.54. The van der Waals surface area contributed by atoms with Crippen molar-refractivity contribution in [3.8, 4) is 10.6 Å². The second-order valence-corrected chi connectivity index (χ2v) is 6.21. The normalized spacial score (nSPS) is 11.7. The number of hydrogen-bond donors (Lipinski definition) is 2. The quantitative estimate of drug-likeness (QED) is 0.549. The zero-order chi connectivity index (χ0) is 18.4. The van der Waals surface area contributed by atoms with Crippen molar-refractivity contribution in [1.29, 1.82) is 0 Å². The van der Waals surface area contributed by atoms with Crippen molar-refractivity contribution >= 4 is 28.9 Å². The van der Waals surface area contributed by atoms with Crippen LogP contribution >= 0.6 is 11.3 Å². The number of nitro benzene ring substituents is 1. The predicted molar refractivity (Wildman–Crippen MR) is 92.6 cm³/mol. The van der Waals surface area contributed by atoms with E-state index in [1.54, 1.807) is 12.1 Å². The molecular formula is C16H17N3O5S. The molecule has 2 rings (SSSR count). The zero-order valence-corrected chi connectivity index (χ0v) is 14.3. The number of thiazole rings is 1. The number of carboxylic acid groups (broad SMARTS) is 1. The van der Waals surface area contributed by atoms with Gasteiger partial charge in [-0.3, -0.25) is 14.9 Å². The van der Waals surface area contributed by atoms with Crippen molar-refractivity contribution in [3.05, 3.63) is 45.5 Å². The average molecular weight is 363 g/mol. The molecule has 0 aliphatic rings. The number of nitrogens with zero attached hydrogens (tertiary/aromatic N) is 2. The van der Waals surface area contributed by atoms with Gasteiger partial charge in [0.05, 0.1) is 4.92 Å². The largest absolute Gasteiger partial charge is 0.480 e. The van der Waals surface area contributed by atoms with Crippen LogP contribution in [0.15, 0.2) is 29.6 Å². The first-order chi connectivity index (χ1) is 11.9. The van der Waals surface area contributed by atoms with E-state index in [2.05, 4.69) is 10.3 Å².